The molecule has 4 aromatic rings. The smallest absolute Gasteiger partial charge is 0.237 e. The number of benzene rings is 2. The van der Waals surface area contributed by atoms with E-state index in [0.29, 0.717) is 52.9 Å². The molecule has 1 aliphatic rings. The third-order valence-electron chi connectivity index (χ3n) is 5.17. The number of furan rings is 1. The first-order chi connectivity index (χ1) is 16.6. The minimum Gasteiger partial charge on any atom is -0.486 e. The first-order valence-electron chi connectivity index (χ1n) is 10.7. The molecule has 1 aliphatic heterocycles. The number of nitrogens with zero attached hydrogens (tertiary/aromatic N) is 3. The summed E-state index contributed by atoms with van der Waals surface area (Å²) in [6, 6.07) is 16.5. The SMILES string of the molecule is CC(Sc1nnc(-c2ccc(Cl)cc2)n1Cc1ccco1)C(=O)Nc1ccc2c(c1)OCCO2. The number of aromatic nitrogens is 3. The molecule has 0 spiro atoms. The molecule has 5 rings (SSSR count). The van der Waals surface area contributed by atoms with Gasteiger partial charge in [0.25, 0.3) is 0 Å². The third kappa shape index (κ3) is 4.90. The van der Waals surface area contributed by atoms with E-state index < -0.39 is 5.25 Å². The number of rotatable bonds is 7. The van der Waals surface area contributed by atoms with Gasteiger partial charge in [-0.1, -0.05) is 23.4 Å². The normalized spacial score (nSPS) is 13.5. The monoisotopic (exact) mass is 496 g/mol. The maximum absolute atomic E-state index is 12.9. The van der Waals surface area contributed by atoms with Crippen molar-refractivity contribution in [1.29, 1.82) is 0 Å². The number of carbonyl (C=O) groups is 1. The molecule has 1 atom stereocenters. The van der Waals surface area contributed by atoms with Gasteiger partial charge in [0.05, 0.1) is 18.1 Å². The number of amides is 1. The molecular weight excluding hydrogens is 476 g/mol. The Morgan fingerprint density at radius 2 is 1.91 bits per heavy atom. The molecule has 2 aromatic heterocycles. The summed E-state index contributed by atoms with van der Waals surface area (Å²) in [7, 11) is 0. The fourth-order valence-corrected chi connectivity index (χ4v) is 4.44. The summed E-state index contributed by atoms with van der Waals surface area (Å²) < 4.78 is 18.6. The van der Waals surface area contributed by atoms with Crippen LogP contribution in [-0.2, 0) is 11.3 Å². The van der Waals surface area contributed by atoms with E-state index in [1.54, 1.807) is 36.6 Å². The van der Waals surface area contributed by atoms with Gasteiger partial charge in [0.2, 0.25) is 5.91 Å². The van der Waals surface area contributed by atoms with Crippen molar-refractivity contribution in [3.8, 4) is 22.9 Å². The van der Waals surface area contributed by atoms with Crippen LogP contribution >= 0.6 is 23.4 Å². The first-order valence-corrected chi connectivity index (χ1v) is 11.9. The highest BCUT2D eigenvalue weighted by molar-refractivity contribution is 8.00. The number of anilines is 1. The van der Waals surface area contributed by atoms with E-state index in [1.807, 2.05) is 35.8 Å². The van der Waals surface area contributed by atoms with Crippen molar-refractivity contribution in [2.24, 2.45) is 0 Å². The van der Waals surface area contributed by atoms with Gasteiger partial charge in [-0.05, 0) is 55.5 Å². The Morgan fingerprint density at radius 1 is 1.12 bits per heavy atom. The van der Waals surface area contributed by atoms with Gasteiger partial charge in [-0.3, -0.25) is 9.36 Å². The van der Waals surface area contributed by atoms with Gasteiger partial charge in [-0.15, -0.1) is 10.2 Å². The molecule has 0 aliphatic carbocycles. The topological polar surface area (TPSA) is 91.4 Å². The molecule has 0 bridgehead atoms. The Bertz CT molecular complexity index is 1290. The zero-order chi connectivity index (χ0) is 23.5. The molecule has 10 heteroatoms. The van der Waals surface area contributed by atoms with Crippen molar-refractivity contribution in [3.05, 3.63) is 71.6 Å². The lowest BCUT2D eigenvalue weighted by Crippen LogP contribution is -2.23. The highest BCUT2D eigenvalue weighted by atomic mass is 35.5. The van der Waals surface area contributed by atoms with Gasteiger partial charge < -0.3 is 19.2 Å². The Labute approximate surface area is 205 Å². The highest BCUT2D eigenvalue weighted by Gasteiger charge is 2.22. The predicted molar refractivity (Wildman–Crippen MR) is 130 cm³/mol. The molecule has 3 heterocycles. The second-order valence-electron chi connectivity index (χ2n) is 7.59. The maximum atomic E-state index is 12.9. The van der Waals surface area contributed by atoms with Crippen LogP contribution in [0.25, 0.3) is 11.4 Å². The van der Waals surface area contributed by atoms with Crippen molar-refractivity contribution in [2.75, 3.05) is 18.5 Å². The molecule has 1 amide bonds. The third-order valence-corrected chi connectivity index (χ3v) is 6.51. The number of hydrogen-bond acceptors (Lipinski definition) is 7. The summed E-state index contributed by atoms with van der Waals surface area (Å²) in [5, 5.41) is 12.5. The van der Waals surface area contributed by atoms with Gasteiger partial charge in [0.15, 0.2) is 22.5 Å². The Kier molecular flexibility index (Phi) is 6.46. The summed E-state index contributed by atoms with van der Waals surface area (Å²) >= 11 is 7.37. The molecule has 8 nitrogen and oxygen atoms in total. The number of nitrogens with one attached hydrogen (secondary N) is 1. The van der Waals surface area contributed by atoms with Gasteiger partial charge in [-0.25, -0.2) is 0 Å². The van der Waals surface area contributed by atoms with E-state index in [1.165, 1.54) is 11.8 Å². The fraction of sp³-hybridized carbons (Fsp3) is 0.208. The van der Waals surface area contributed by atoms with Crippen molar-refractivity contribution in [3.63, 3.8) is 0 Å². The zero-order valence-electron chi connectivity index (χ0n) is 18.2. The van der Waals surface area contributed by atoms with Crippen molar-refractivity contribution in [2.45, 2.75) is 23.9 Å². The van der Waals surface area contributed by atoms with Crippen molar-refractivity contribution in [1.82, 2.24) is 14.8 Å². The van der Waals surface area contributed by atoms with Crippen LogP contribution < -0.4 is 14.8 Å². The molecule has 0 radical (unpaired) electrons. The Morgan fingerprint density at radius 3 is 2.68 bits per heavy atom. The first kappa shape index (κ1) is 22.4. The molecule has 1 N–H and O–H groups in total. The zero-order valence-corrected chi connectivity index (χ0v) is 19.8. The van der Waals surface area contributed by atoms with Gasteiger partial charge >= 0.3 is 0 Å². The van der Waals surface area contributed by atoms with E-state index in [2.05, 4.69) is 15.5 Å². The average molecular weight is 497 g/mol. The van der Waals surface area contributed by atoms with Crippen LogP contribution in [0.4, 0.5) is 5.69 Å². The summed E-state index contributed by atoms with van der Waals surface area (Å²) in [6.45, 7) is 3.25. The number of carbonyl (C=O) groups excluding carboxylic acids is 1. The van der Waals surface area contributed by atoms with E-state index in [-0.39, 0.29) is 5.91 Å². The molecule has 0 fully saturated rings. The second kappa shape index (κ2) is 9.82. The molecule has 34 heavy (non-hydrogen) atoms. The van der Waals surface area contributed by atoms with Crippen molar-refractivity contribution >= 4 is 35.0 Å². The highest BCUT2D eigenvalue weighted by Crippen LogP contribution is 2.33. The number of thioether (sulfide) groups is 1. The van der Waals surface area contributed by atoms with Crippen LogP contribution in [0.2, 0.25) is 5.02 Å². The number of ether oxygens (including phenoxy) is 2. The lowest BCUT2D eigenvalue weighted by Gasteiger charge is -2.19. The van der Waals surface area contributed by atoms with E-state index >= 15 is 0 Å². The van der Waals surface area contributed by atoms with Crippen LogP contribution in [0.15, 0.2) is 70.4 Å². The summed E-state index contributed by atoms with van der Waals surface area (Å²) in [5.74, 6) is 2.55. The summed E-state index contributed by atoms with van der Waals surface area (Å²) in [6.07, 6.45) is 1.62. The number of halogens is 1. The minimum atomic E-state index is -0.439. The van der Waals surface area contributed by atoms with Crippen molar-refractivity contribution < 1.29 is 18.7 Å². The summed E-state index contributed by atoms with van der Waals surface area (Å²) in [5.41, 5.74) is 1.50. The Balaban J connectivity index is 1.35. The second-order valence-corrected chi connectivity index (χ2v) is 9.33. The average Bonchev–Trinajstić information content (AvgIpc) is 3.50. The molecule has 2 aromatic carbocycles. The molecular formula is C24H21ClN4O4S. The minimum absolute atomic E-state index is 0.165. The number of hydrogen-bond donors (Lipinski definition) is 1. The van der Waals surface area contributed by atoms with E-state index in [0.717, 1.165) is 11.3 Å². The van der Waals surface area contributed by atoms with E-state index in [4.69, 9.17) is 25.5 Å². The standard InChI is InChI=1S/C24H21ClN4O4S/c1-15(23(30)26-18-8-9-20-21(13-18)33-12-11-32-20)34-24-28-27-22(16-4-6-17(25)7-5-16)29(24)14-19-3-2-10-31-19/h2-10,13,15H,11-12,14H2,1H3,(H,26,30). The summed E-state index contributed by atoms with van der Waals surface area (Å²) in [4.78, 5) is 12.9. The fourth-order valence-electron chi connectivity index (χ4n) is 3.47. The molecule has 1 unspecified atom stereocenters. The quantitative estimate of drug-likeness (QED) is 0.354. The van der Waals surface area contributed by atoms with Crippen LogP contribution in [0.5, 0.6) is 11.5 Å². The van der Waals surface area contributed by atoms with Gasteiger partial charge in [0.1, 0.15) is 19.0 Å². The van der Waals surface area contributed by atoms with Crippen LogP contribution in [0.3, 0.4) is 0 Å². The lowest BCUT2D eigenvalue weighted by molar-refractivity contribution is -0.115. The van der Waals surface area contributed by atoms with Crippen LogP contribution in [0, 0.1) is 0 Å². The maximum Gasteiger partial charge on any atom is 0.237 e. The molecule has 0 saturated carbocycles. The van der Waals surface area contributed by atoms with Gasteiger partial charge in [-0.2, -0.15) is 0 Å². The number of fused-ring (bicyclic) bond motifs is 1. The van der Waals surface area contributed by atoms with E-state index in [9.17, 15) is 4.79 Å². The molecule has 0 saturated heterocycles. The predicted octanol–water partition coefficient (Wildman–Crippen LogP) is 5.13. The Hall–Kier alpha value is -3.43. The van der Waals surface area contributed by atoms with Gasteiger partial charge in [0, 0.05) is 22.3 Å². The largest absolute Gasteiger partial charge is 0.486 e. The molecule has 174 valence electrons. The van der Waals surface area contributed by atoms with Crippen LogP contribution in [-0.4, -0.2) is 39.1 Å². The van der Waals surface area contributed by atoms with Crippen LogP contribution in [0.1, 0.15) is 12.7 Å². The lowest BCUT2D eigenvalue weighted by atomic mass is 10.2.